The van der Waals surface area contributed by atoms with Gasteiger partial charge in [0.15, 0.2) is 0 Å². The van der Waals surface area contributed by atoms with Crippen LogP contribution in [0, 0.1) is 0 Å². The largest absolute Gasteiger partial charge is 0.484 e. The quantitative estimate of drug-likeness (QED) is 0.265. The van der Waals surface area contributed by atoms with Gasteiger partial charge in [-0.15, -0.1) is 0 Å². The standard InChI is InChI=1S/C25H22O7/c1-15(26)29-19-6-4-5-16(11-19)7-9-24(28)31-22-13-18-12-17-8-10-23(27)30-20(17)14-21(18)32-25(22,2)3/h4-12,14,22H,13H2,1-3H3/b9-7+. The highest BCUT2D eigenvalue weighted by molar-refractivity contribution is 5.87. The Hall–Kier alpha value is -3.87. The van der Waals surface area contributed by atoms with E-state index in [1.807, 2.05) is 19.9 Å². The molecule has 0 N–H and O–H groups in total. The first-order valence-corrected chi connectivity index (χ1v) is 10.1. The van der Waals surface area contributed by atoms with Gasteiger partial charge in [0.1, 0.15) is 28.8 Å². The first-order valence-electron chi connectivity index (χ1n) is 10.1. The molecular weight excluding hydrogens is 412 g/mol. The summed E-state index contributed by atoms with van der Waals surface area (Å²) in [7, 11) is 0. The number of hydrogen-bond acceptors (Lipinski definition) is 7. The van der Waals surface area contributed by atoms with E-state index in [4.69, 9.17) is 18.6 Å². The minimum atomic E-state index is -0.783. The summed E-state index contributed by atoms with van der Waals surface area (Å²) in [6.45, 7) is 5.00. The van der Waals surface area contributed by atoms with E-state index >= 15 is 0 Å². The molecule has 2 heterocycles. The molecule has 1 unspecified atom stereocenters. The van der Waals surface area contributed by atoms with Crippen LogP contribution in [0.5, 0.6) is 11.5 Å². The summed E-state index contributed by atoms with van der Waals surface area (Å²) in [5.74, 6) is 0.0662. The van der Waals surface area contributed by atoms with Crippen LogP contribution in [0.25, 0.3) is 17.0 Å². The van der Waals surface area contributed by atoms with Crippen LogP contribution in [0.4, 0.5) is 0 Å². The molecule has 1 aliphatic heterocycles. The lowest BCUT2D eigenvalue weighted by Crippen LogP contribution is -2.48. The number of carbonyl (C=O) groups is 2. The van der Waals surface area contributed by atoms with Gasteiger partial charge in [0.25, 0.3) is 0 Å². The summed E-state index contributed by atoms with van der Waals surface area (Å²) >= 11 is 0. The molecule has 32 heavy (non-hydrogen) atoms. The molecule has 2 aromatic carbocycles. The Morgan fingerprint density at radius 2 is 1.94 bits per heavy atom. The maximum Gasteiger partial charge on any atom is 0.336 e. The van der Waals surface area contributed by atoms with Crippen LogP contribution >= 0.6 is 0 Å². The van der Waals surface area contributed by atoms with Crippen molar-refractivity contribution in [3.8, 4) is 11.5 Å². The average molecular weight is 434 g/mol. The number of esters is 2. The van der Waals surface area contributed by atoms with Gasteiger partial charge in [0, 0.05) is 36.9 Å². The fraction of sp³-hybridized carbons (Fsp3) is 0.240. The molecule has 4 rings (SSSR count). The number of benzene rings is 2. The third kappa shape index (κ3) is 4.72. The van der Waals surface area contributed by atoms with Gasteiger partial charge in [-0.05, 0) is 55.3 Å². The smallest absolute Gasteiger partial charge is 0.336 e. The molecule has 0 bridgehead atoms. The number of hydrogen-bond donors (Lipinski definition) is 0. The van der Waals surface area contributed by atoms with E-state index in [2.05, 4.69) is 0 Å². The van der Waals surface area contributed by atoms with Crippen molar-refractivity contribution in [2.24, 2.45) is 0 Å². The van der Waals surface area contributed by atoms with Crippen molar-refractivity contribution in [3.05, 3.63) is 76.2 Å². The maximum atomic E-state index is 12.5. The first-order chi connectivity index (χ1) is 15.2. The second-order valence-electron chi connectivity index (χ2n) is 8.09. The van der Waals surface area contributed by atoms with Crippen LogP contribution in [0.15, 0.2) is 63.8 Å². The van der Waals surface area contributed by atoms with Crippen molar-refractivity contribution in [2.75, 3.05) is 0 Å². The van der Waals surface area contributed by atoms with E-state index < -0.39 is 29.3 Å². The molecule has 7 heteroatoms. The molecule has 1 atom stereocenters. The minimum absolute atomic E-state index is 0.398. The van der Waals surface area contributed by atoms with Crippen LogP contribution in [0.2, 0.25) is 0 Å². The molecule has 0 saturated heterocycles. The van der Waals surface area contributed by atoms with Gasteiger partial charge in [-0.25, -0.2) is 9.59 Å². The number of carbonyl (C=O) groups excluding carboxylic acids is 2. The Morgan fingerprint density at radius 1 is 1.12 bits per heavy atom. The van der Waals surface area contributed by atoms with Gasteiger partial charge in [-0.1, -0.05) is 12.1 Å². The molecule has 0 aliphatic carbocycles. The van der Waals surface area contributed by atoms with Gasteiger partial charge < -0.3 is 18.6 Å². The summed E-state index contributed by atoms with van der Waals surface area (Å²) in [5, 5.41) is 0.768. The Balaban J connectivity index is 1.50. The number of rotatable bonds is 4. The van der Waals surface area contributed by atoms with Crippen LogP contribution in [-0.2, 0) is 20.7 Å². The predicted octanol–water partition coefficient (Wildman–Crippen LogP) is 4.06. The Bertz CT molecular complexity index is 1280. The number of fused-ring (bicyclic) bond motifs is 2. The van der Waals surface area contributed by atoms with Crippen molar-refractivity contribution in [2.45, 2.75) is 38.9 Å². The van der Waals surface area contributed by atoms with Gasteiger partial charge in [-0.3, -0.25) is 4.79 Å². The number of ether oxygens (including phenoxy) is 3. The topological polar surface area (TPSA) is 92.0 Å². The molecule has 0 amide bonds. The lowest BCUT2D eigenvalue weighted by atomic mass is 9.90. The van der Waals surface area contributed by atoms with Crippen molar-refractivity contribution >= 4 is 29.0 Å². The first kappa shape index (κ1) is 21.4. The van der Waals surface area contributed by atoms with Gasteiger partial charge in [0.05, 0.1) is 0 Å². The molecule has 0 fully saturated rings. The highest BCUT2D eigenvalue weighted by Gasteiger charge is 2.39. The van der Waals surface area contributed by atoms with E-state index in [1.54, 1.807) is 42.5 Å². The molecule has 0 spiro atoms. The van der Waals surface area contributed by atoms with Gasteiger partial charge >= 0.3 is 17.6 Å². The third-order valence-electron chi connectivity index (χ3n) is 5.15. The highest BCUT2D eigenvalue weighted by atomic mass is 16.6. The van der Waals surface area contributed by atoms with Gasteiger partial charge in [-0.2, -0.15) is 0 Å². The zero-order chi connectivity index (χ0) is 22.9. The van der Waals surface area contributed by atoms with E-state index in [9.17, 15) is 14.4 Å². The predicted molar refractivity (Wildman–Crippen MR) is 118 cm³/mol. The minimum Gasteiger partial charge on any atom is -0.484 e. The Labute approximate surface area is 184 Å². The lowest BCUT2D eigenvalue weighted by molar-refractivity contribution is -0.155. The molecule has 3 aromatic rings. The van der Waals surface area contributed by atoms with Crippen LogP contribution < -0.4 is 15.1 Å². The summed E-state index contributed by atoms with van der Waals surface area (Å²) in [4.78, 5) is 35.1. The second-order valence-corrected chi connectivity index (χ2v) is 8.09. The fourth-order valence-corrected chi connectivity index (χ4v) is 3.57. The van der Waals surface area contributed by atoms with Crippen LogP contribution in [-0.4, -0.2) is 23.6 Å². The Kier molecular flexibility index (Phi) is 5.57. The van der Waals surface area contributed by atoms with Gasteiger partial charge in [0.2, 0.25) is 0 Å². The molecule has 0 radical (unpaired) electrons. The van der Waals surface area contributed by atoms with E-state index in [1.165, 1.54) is 19.1 Å². The SMILES string of the molecule is CC(=O)Oc1cccc(/C=C/C(=O)OC2Cc3cc4ccc(=O)oc4cc3OC2(C)C)c1. The monoisotopic (exact) mass is 434 g/mol. The molecule has 1 aliphatic rings. The van der Waals surface area contributed by atoms with Crippen molar-refractivity contribution in [3.63, 3.8) is 0 Å². The second kappa shape index (κ2) is 8.34. The Morgan fingerprint density at radius 3 is 2.72 bits per heavy atom. The zero-order valence-corrected chi connectivity index (χ0v) is 17.9. The van der Waals surface area contributed by atoms with Crippen LogP contribution in [0.1, 0.15) is 31.9 Å². The van der Waals surface area contributed by atoms with Crippen molar-refractivity contribution in [1.82, 2.24) is 0 Å². The molecule has 0 saturated carbocycles. The molecule has 7 nitrogen and oxygen atoms in total. The van der Waals surface area contributed by atoms with E-state index in [0.717, 1.165) is 10.9 Å². The maximum absolute atomic E-state index is 12.5. The van der Waals surface area contributed by atoms with Crippen molar-refractivity contribution in [1.29, 1.82) is 0 Å². The highest BCUT2D eigenvalue weighted by Crippen LogP contribution is 2.37. The molecular formula is C25H22O7. The third-order valence-corrected chi connectivity index (χ3v) is 5.15. The van der Waals surface area contributed by atoms with Crippen molar-refractivity contribution < 1.29 is 28.2 Å². The molecule has 1 aromatic heterocycles. The van der Waals surface area contributed by atoms with E-state index in [0.29, 0.717) is 29.1 Å². The molecule has 164 valence electrons. The average Bonchev–Trinajstić information content (AvgIpc) is 2.71. The summed E-state index contributed by atoms with van der Waals surface area (Å²) in [6.07, 6.45) is 2.86. The lowest BCUT2D eigenvalue weighted by Gasteiger charge is -2.39. The summed E-state index contributed by atoms with van der Waals surface area (Å²) in [5.41, 5.74) is 0.791. The van der Waals surface area contributed by atoms with E-state index in [-0.39, 0.29) is 0 Å². The summed E-state index contributed by atoms with van der Waals surface area (Å²) in [6, 6.07) is 13.4. The normalized spacial score (nSPS) is 16.9. The fourth-order valence-electron chi connectivity index (χ4n) is 3.57. The summed E-state index contributed by atoms with van der Waals surface area (Å²) < 4.78 is 22.1. The zero-order valence-electron chi connectivity index (χ0n) is 17.9. The van der Waals surface area contributed by atoms with Crippen LogP contribution in [0.3, 0.4) is 0 Å².